The molecule has 3 N–H and O–H groups in total. The molecule has 0 atom stereocenters. The van der Waals surface area contributed by atoms with Gasteiger partial charge in [0.15, 0.2) is 17.3 Å². The van der Waals surface area contributed by atoms with Gasteiger partial charge in [0.2, 0.25) is 0 Å². The third kappa shape index (κ3) is 5.49. The number of nitrogens with one attached hydrogen (secondary N) is 1. The molecule has 0 aliphatic rings. The number of aromatic nitrogens is 4. The SMILES string of the molecule is [C-]#[N+]c1cnn(-c2cc(S(=O)(=O)O)ccc2S(=O)(=O)O)c1N=Nc1c(C(C)(C)C)nn(-c2ccccc2)c1NC. The van der Waals surface area contributed by atoms with Crippen molar-refractivity contribution in [1.82, 2.24) is 19.6 Å². The Labute approximate surface area is 230 Å². The number of para-hydroxylation sites is 1. The first-order valence-corrected chi connectivity index (χ1v) is 14.4. The molecule has 2 aromatic heterocycles. The molecule has 16 heteroatoms. The van der Waals surface area contributed by atoms with Crippen LogP contribution in [0.2, 0.25) is 0 Å². The van der Waals surface area contributed by atoms with Crippen molar-refractivity contribution >= 4 is 43.2 Å². The molecule has 14 nitrogen and oxygen atoms in total. The smallest absolute Gasteiger partial charge is 0.296 e. The molecule has 4 rings (SSSR count). The fraction of sp³-hybridized carbons (Fsp3) is 0.208. The molecule has 0 spiro atoms. The maximum atomic E-state index is 12.1. The molecular weight excluding hydrogens is 560 g/mol. The topological polar surface area (TPSA) is 185 Å². The summed E-state index contributed by atoms with van der Waals surface area (Å²) in [6, 6.07) is 11.6. The molecule has 40 heavy (non-hydrogen) atoms. The Morgan fingerprint density at radius 1 is 0.975 bits per heavy atom. The average Bonchev–Trinajstić information content (AvgIpc) is 3.47. The van der Waals surface area contributed by atoms with Gasteiger partial charge in [0.25, 0.3) is 25.9 Å². The summed E-state index contributed by atoms with van der Waals surface area (Å²) < 4.78 is 69.5. The predicted molar refractivity (Wildman–Crippen MR) is 145 cm³/mol. The highest BCUT2D eigenvalue weighted by Gasteiger charge is 2.28. The first-order valence-electron chi connectivity index (χ1n) is 11.5. The van der Waals surface area contributed by atoms with Gasteiger partial charge in [-0.2, -0.15) is 27.0 Å². The molecule has 2 heterocycles. The summed E-state index contributed by atoms with van der Waals surface area (Å²) >= 11 is 0. The molecule has 0 bridgehead atoms. The second-order valence-corrected chi connectivity index (χ2v) is 12.3. The molecule has 2 aromatic carbocycles. The third-order valence-electron chi connectivity index (χ3n) is 5.63. The van der Waals surface area contributed by atoms with E-state index in [0.29, 0.717) is 17.2 Å². The van der Waals surface area contributed by atoms with Crippen molar-refractivity contribution in [2.24, 2.45) is 10.2 Å². The maximum Gasteiger partial charge on any atom is 0.296 e. The van der Waals surface area contributed by atoms with E-state index in [1.807, 2.05) is 51.1 Å². The van der Waals surface area contributed by atoms with Gasteiger partial charge in [-0.05, 0) is 30.3 Å². The van der Waals surface area contributed by atoms with Crippen LogP contribution in [-0.2, 0) is 25.7 Å². The normalized spacial score (nSPS) is 12.5. The molecule has 0 unspecified atom stereocenters. The summed E-state index contributed by atoms with van der Waals surface area (Å²) in [7, 11) is -7.99. The molecule has 0 aliphatic heterocycles. The number of hydrogen-bond donors (Lipinski definition) is 3. The fourth-order valence-electron chi connectivity index (χ4n) is 3.81. The van der Waals surface area contributed by atoms with Crippen LogP contribution in [0.4, 0.5) is 23.0 Å². The Hall–Kier alpha value is -4.43. The molecule has 0 fully saturated rings. The van der Waals surface area contributed by atoms with E-state index in [2.05, 4.69) is 25.5 Å². The highest BCUT2D eigenvalue weighted by atomic mass is 32.2. The lowest BCUT2D eigenvalue weighted by atomic mass is 9.91. The lowest BCUT2D eigenvalue weighted by Crippen LogP contribution is -2.13. The van der Waals surface area contributed by atoms with Crippen molar-refractivity contribution in [2.45, 2.75) is 36.0 Å². The summed E-state index contributed by atoms with van der Waals surface area (Å²) in [4.78, 5) is 1.95. The highest BCUT2D eigenvalue weighted by molar-refractivity contribution is 7.86. The van der Waals surface area contributed by atoms with Crippen LogP contribution in [-0.4, -0.2) is 52.5 Å². The number of anilines is 1. The second kappa shape index (κ2) is 10.3. The van der Waals surface area contributed by atoms with Gasteiger partial charge in [0.1, 0.15) is 4.90 Å². The van der Waals surface area contributed by atoms with Crippen molar-refractivity contribution in [3.8, 4) is 11.4 Å². The minimum atomic E-state index is -4.90. The van der Waals surface area contributed by atoms with Crippen molar-refractivity contribution in [3.63, 3.8) is 0 Å². The van der Waals surface area contributed by atoms with E-state index in [-0.39, 0.29) is 11.5 Å². The molecule has 4 aromatic rings. The van der Waals surface area contributed by atoms with Crippen molar-refractivity contribution in [2.75, 3.05) is 12.4 Å². The highest BCUT2D eigenvalue weighted by Crippen LogP contribution is 2.41. The first-order chi connectivity index (χ1) is 18.7. The number of rotatable bonds is 7. The van der Waals surface area contributed by atoms with Crippen LogP contribution in [0.1, 0.15) is 26.5 Å². The Bertz CT molecular complexity index is 1880. The molecule has 208 valence electrons. The molecule has 0 saturated heterocycles. The quantitative estimate of drug-likeness (QED) is 0.155. The Kier molecular flexibility index (Phi) is 7.34. The van der Waals surface area contributed by atoms with Crippen molar-refractivity contribution < 1.29 is 25.9 Å². The number of nitrogens with zero attached hydrogens (tertiary/aromatic N) is 7. The zero-order valence-electron chi connectivity index (χ0n) is 21.7. The van der Waals surface area contributed by atoms with E-state index in [9.17, 15) is 25.9 Å². The molecule has 0 radical (unpaired) electrons. The van der Waals surface area contributed by atoms with Gasteiger partial charge in [0.05, 0.1) is 34.7 Å². The molecule has 0 aliphatic carbocycles. The molecular formula is C24H24N8O6S2. The molecule has 0 amide bonds. The summed E-state index contributed by atoms with van der Waals surface area (Å²) in [6.45, 7) is 13.3. The summed E-state index contributed by atoms with van der Waals surface area (Å²) in [5.41, 5.74) is 0.471. The Balaban J connectivity index is 1.98. The van der Waals surface area contributed by atoms with Gasteiger partial charge >= 0.3 is 0 Å². The summed E-state index contributed by atoms with van der Waals surface area (Å²) in [5.74, 6) is 0.212. The van der Waals surface area contributed by atoms with Gasteiger partial charge in [0, 0.05) is 12.5 Å². The lowest BCUT2D eigenvalue weighted by molar-refractivity contribution is 0.477. The summed E-state index contributed by atoms with van der Waals surface area (Å²) in [5, 5.41) is 20.4. The predicted octanol–water partition coefficient (Wildman–Crippen LogP) is 4.86. The maximum absolute atomic E-state index is 12.1. The van der Waals surface area contributed by atoms with Gasteiger partial charge in [-0.25, -0.2) is 14.2 Å². The fourth-order valence-corrected chi connectivity index (χ4v) is 4.96. The largest absolute Gasteiger partial charge is 0.371 e. The van der Waals surface area contributed by atoms with Gasteiger partial charge in [-0.3, -0.25) is 9.11 Å². The van der Waals surface area contributed by atoms with E-state index in [4.69, 9.17) is 11.7 Å². The zero-order valence-corrected chi connectivity index (χ0v) is 23.3. The second-order valence-electron chi connectivity index (χ2n) is 9.45. The third-order valence-corrected chi connectivity index (χ3v) is 7.38. The average molecular weight is 585 g/mol. The van der Waals surface area contributed by atoms with Crippen LogP contribution >= 0.6 is 0 Å². The monoisotopic (exact) mass is 584 g/mol. The number of hydrogen-bond acceptors (Lipinski definition) is 9. The van der Waals surface area contributed by atoms with E-state index >= 15 is 0 Å². The Morgan fingerprint density at radius 3 is 2.20 bits per heavy atom. The molecule has 0 saturated carbocycles. The van der Waals surface area contributed by atoms with Crippen LogP contribution in [0, 0.1) is 6.57 Å². The lowest BCUT2D eigenvalue weighted by Gasteiger charge is -2.15. The number of azo groups is 1. The Morgan fingerprint density at radius 2 is 1.65 bits per heavy atom. The van der Waals surface area contributed by atoms with E-state index < -0.39 is 41.1 Å². The zero-order chi connectivity index (χ0) is 29.5. The van der Waals surface area contributed by atoms with Crippen LogP contribution in [0.25, 0.3) is 16.2 Å². The van der Waals surface area contributed by atoms with Crippen molar-refractivity contribution in [1.29, 1.82) is 0 Å². The van der Waals surface area contributed by atoms with Crippen LogP contribution < -0.4 is 5.32 Å². The van der Waals surface area contributed by atoms with Crippen LogP contribution in [0.5, 0.6) is 0 Å². The van der Waals surface area contributed by atoms with Gasteiger partial charge in [-0.15, -0.1) is 10.2 Å². The van der Waals surface area contributed by atoms with Crippen molar-refractivity contribution in [3.05, 3.63) is 71.8 Å². The number of benzene rings is 2. The van der Waals surface area contributed by atoms with Gasteiger partial charge in [-0.1, -0.05) is 39.0 Å². The minimum absolute atomic E-state index is 0.152. The minimum Gasteiger partial charge on any atom is -0.371 e. The summed E-state index contributed by atoms with van der Waals surface area (Å²) in [6.07, 6.45) is 1.08. The first kappa shape index (κ1) is 28.6. The van der Waals surface area contributed by atoms with Crippen LogP contribution in [0.15, 0.2) is 74.7 Å². The van der Waals surface area contributed by atoms with Crippen LogP contribution in [0.3, 0.4) is 0 Å². The van der Waals surface area contributed by atoms with E-state index in [0.717, 1.165) is 34.8 Å². The van der Waals surface area contributed by atoms with Gasteiger partial charge < -0.3 is 5.32 Å². The van der Waals surface area contributed by atoms with E-state index in [1.165, 1.54) is 0 Å². The standard InChI is InChI=1S/C24H24N8O6S2/c1-24(2,3)21-20(23(26-5)31(30-21)15-9-7-6-8-10-15)28-29-22-17(25-4)14-27-32(22)18-13-16(39(33,34)35)11-12-19(18)40(36,37)38/h6-14,26H,1-3,5H3,(H,33,34,35)(H,36,37,38). The van der Waals surface area contributed by atoms with E-state index in [1.54, 1.807) is 11.7 Å².